The first-order chi connectivity index (χ1) is 9.37. The SMILES string of the molecule is CC(C)(C)NC(=S)N1CCC2CC1c1c(Cl)cccc12. The maximum atomic E-state index is 6.45. The number of nitrogens with one attached hydrogen (secondary N) is 1. The van der Waals surface area contributed by atoms with E-state index in [0.29, 0.717) is 12.0 Å². The minimum absolute atomic E-state index is 0.00412. The van der Waals surface area contributed by atoms with Gasteiger partial charge in [-0.1, -0.05) is 23.7 Å². The number of hydrogen-bond acceptors (Lipinski definition) is 1. The number of rotatable bonds is 0. The van der Waals surface area contributed by atoms with Crippen molar-refractivity contribution in [2.45, 2.75) is 51.1 Å². The molecule has 3 rings (SSSR count). The van der Waals surface area contributed by atoms with E-state index in [9.17, 15) is 0 Å². The van der Waals surface area contributed by atoms with Crippen LogP contribution in [0.4, 0.5) is 0 Å². The summed E-state index contributed by atoms with van der Waals surface area (Å²) >= 11 is 12.1. The summed E-state index contributed by atoms with van der Waals surface area (Å²) in [5.74, 6) is 0.655. The van der Waals surface area contributed by atoms with Gasteiger partial charge in [-0.15, -0.1) is 0 Å². The molecule has 0 amide bonds. The topological polar surface area (TPSA) is 15.3 Å². The molecule has 1 heterocycles. The molecule has 1 fully saturated rings. The summed E-state index contributed by atoms with van der Waals surface area (Å²) in [5.41, 5.74) is 2.73. The van der Waals surface area contributed by atoms with E-state index in [0.717, 1.165) is 29.5 Å². The van der Waals surface area contributed by atoms with Crippen LogP contribution in [0.2, 0.25) is 5.02 Å². The predicted molar refractivity (Wildman–Crippen MR) is 88.4 cm³/mol. The zero-order valence-electron chi connectivity index (χ0n) is 12.2. The summed E-state index contributed by atoms with van der Waals surface area (Å²) in [6, 6.07) is 6.65. The highest BCUT2D eigenvalue weighted by Gasteiger charge is 2.41. The van der Waals surface area contributed by atoms with Gasteiger partial charge in [0.25, 0.3) is 0 Å². The second-order valence-corrected chi connectivity index (χ2v) is 7.65. The summed E-state index contributed by atoms with van der Waals surface area (Å²) in [4.78, 5) is 2.33. The Labute approximate surface area is 131 Å². The van der Waals surface area contributed by atoms with Crippen LogP contribution in [0.15, 0.2) is 18.2 Å². The fraction of sp³-hybridized carbons (Fsp3) is 0.562. The molecule has 2 aliphatic rings. The van der Waals surface area contributed by atoms with Crippen LogP contribution in [0, 0.1) is 0 Å². The van der Waals surface area contributed by atoms with Crippen LogP contribution < -0.4 is 5.32 Å². The Morgan fingerprint density at radius 2 is 2.15 bits per heavy atom. The van der Waals surface area contributed by atoms with Gasteiger partial charge in [0.1, 0.15) is 0 Å². The van der Waals surface area contributed by atoms with Crippen molar-refractivity contribution in [1.29, 1.82) is 0 Å². The van der Waals surface area contributed by atoms with Gasteiger partial charge in [0.15, 0.2) is 5.11 Å². The van der Waals surface area contributed by atoms with Crippen LogP contribution >= 0.6 is 23.8 Å². The number of nitrogens with zero attached hydrogens (tertiary/aromatic N) is 1. The van der Waals surface area contributed by atoms with Crippen molar-refractivity contribution in [3.8, 4) is 0 Å². The first kappa shape index (κ1) is 14.2. The van der Waals surface area contributed by atoms with Crippen LogP contribution in [0.3, 0.4) is 0 Å². The van der Waals surface area contributed by atoms with Gasteiger partial charge >= 0.3 is 0 Å². The van der Waals surface area contributed by atoms with Gasteiger partial charge in [-0.3, -0.25) is 0 Å². The lowest BCUT2D eigenvalue weighted by atomic mass is 9.96. The van der Waals surface area contributed by atoms with E-state index in [1.165, 1.54) is 11.1 Å². The van der Waals surface area contributed by atoms with E-state index in [2.05, 4.69) is 43.1 Å². The summed E-state index contributed by atoms with van der Waals surface area (Å²) < 4.78 is 0. The molecule has 1 N–H and O–H groups in total. The van der Waals surface area contributed by atoms with E-state index in [1.54, 1.807) is 0 Å². The second kappa shape index (κ2) is 4.88. The fourth-order valence-corrected chi connectivity index (χ4v) is 4.25. The van der Waals surface area contributed by atoms with Crippen LogP contribution in [0.25, 0.3) is 0 Å². The summed E-state index contributed by atoms with van der Waals surface area (Å²) in [5, 5.41) is 5.18. The minimum Gasteiger partial charge on any atom is -0.358 e. The summed E-state index contributed by atoms with van der Waals surface area (Å²) in [6.07, 6.45) is 2.31. The number of fused-ring (bicyclic) bond motifs is 5. The molecule has 4 heteroatoms. The highest BCUT2D eigenvalue weighted by molar-refractivity contribution is 7.80. The number of halogens is 1. The minimum atomic E-state index is -0.00412. The molecule has 0 spiro atoms. The third-order valence-corrected chi connectivity index (χ3v) is 4.87. The predicted octanol–water partition coefficient (Wildman–Crippen LogP) is 4.25. The number of benzene rings is 1. The Bertz CT molecular complexity index is 550. The van der Waals surface area contributed by atoms with Gasteiger partial charge in [-0.05, 0) is 68.9 Å². The summed E-state index contributed by atoms with van der Waals surface area (Å²) in [6.45, 7) is 7.44. The molecule has 2 unspecified atom stereocenters. The van der Waals surface area contributed by atoms with Crippen molar-refractivity contribution in [3.05, 3.63) is 34.3 Å². The monoisotopic (exact) mass is 308 g/mol. The van der Waals surface area contributed by atoms with Gasteiger partial charge in [-0.25, -0.2) is 0 Å². The highest BCUT2D eigenvalue weighted by atomic mass is 35.5. The van der Waals surface area contributed by atoms with Crippen molar-refractivity contribution < 1.29 is 0 Å². The molecule has 108 valence electrons. The Kier molecular flexibility index (Phi) is 3.46. The fourth-order valence-electron chi connectivity index (χ4n) is 3.42. The average Bonchev–Trinajstić information content (AvgIpc) is 2.62. The van der Waals surface area contributed by atoms with Crippen molar-refractivity contribution in [2.75, 3.05) is 6.54 Å². The molecular weight excluding hydrogens is 288 g/mol. The molecule has 1 aromatic rings. The maximum Gasteiger partial charge on any atom is 0.169 e. The Morgan fingerprint density at radius 3 is 2.85 bits per heavy atom. The molecule has 0 saturated carbocycles. The zero-order chi connectivity index (χ0) is 14.5. The normalized spacial score (nSPS) is 24.5. The van der Waals surface area contributed by atoms with Crippen molar-refractivity contribution in [1.82, 2.24) is 10.2 Å². The quantitative estimate of drug-likeness (QED) is 0.721. The van der Waals surface area contributed by atoms with Gasteiger partial charge in [0.05, 0.1) is 6.04 Å². The van der Waals surface area contributed by atoms with E-state index in [1.807, 2.05) is 6.07 Å². The molecule has 2 nitrogen and oxygen atoms in total. The van der Waals surface area contributed by atoms with Crippen molar-refractivity contribution in [2.24, 2.45) is 0 Å². The molecule has 1 aromatic carbocycles. The van der Waals surface area contributed by atoms with E-state index >= 15 is 0 Å². The Morgan fingerprint density at radius 1 is 1.40 bits per heavy atom. The van der Waals surface area contributed by atoms with Crippen molar-refractivity contribution in [3.63, 3.8) is 0 Å². The van der Waals surface area contributed by atoms with Gasteiger partial charge in [0, 0.05) is 17.1 Å². The first-order valence-electron chi connectivity index (χ1n) is 7.24. The maximum absolute atomic E-state index is 6.45. The molecule has 1 aliphatic carbocycles. The largest absolute Gasteiger partial charge is 0.358 e. The van der Waals surface area contributed by atoms with Crippen LogP contribution in [-0.2, 0) is 0 Å². The van der Waals surface area contributed by atoms with Gasteiger partial charge in [0.2, 0.25) is 0 Å². The third kappa shape index (κ3) is 2.42. The van der Waals surface area contributed by atoms with Crippen LogP contribution in [-0.4, -0.2) is 22.1 Å². The molecule has 1 aliphatic heterocycles. The Hall–Kier alpha value is -0.800. The zero-order valence-corrected chi connectivity index (χ0v) is 13.8. The molecule has 0 aromatic heterocycles. The highest BCUT2D eigenvalue weighted by Crippen LogP contribution is 2.51. The van der Waals surface area contributed by atoms with Crippen LogP contribution in [0.1, 0.15) is 56.7 Å². The number of piperidine rings is 1. The third-order valence-electron chi connectivity index (χ3n) is 4.20. The summed E-state index contributed by atoms with van der Waals surface area (Å²) in [7, 11) is 0. The number of likely N-dealkylation sites (tertiary alicyclic amines) is 1. The molecule has 1 saturated heterocycles. The standard InChI is InChI=1S/C16H21ClN2S/c1-16(2,3)18-15(20)19-8-7-10-9-13(19)14-11(10)5-4-6-12(14)17/h4-6,10,13H,7-9H2,1-3H3,(H,18,20). The number of thiocarbonyl (C=S) groups is 1. The van der Waals surface area contributed by atoms with Crippen molar-refractivity contribution >= 4 is 28.9 Å². The smallest absolute Gasteiger partial charge is 0.169 e. The van der Waals surface area contributed by atoms with E-state index in [4.69, 9.17) is 23.8 Å². The molecule has 2 bridgehead atoms. The molecule has 20 heavy (non-hydrogen) atoms. The lowest BCUT2D eigenvalue weighted by molar-refractivity contribution is 0.241. The lowest BCUT2D eigenvalue weighted by Crippen LogP contribution is -2.50. The second-order valence-electron chi connectivity index (χ2n) is 6.85. The van der Waals surface area contributed by atoms with E-state index < -0.39 is 0 Å². The van der Waals surface area contributed by atoms with Crippen LogP contribution in [0.5, 0.6) is 0 Å². The van der Waals surface area contributed by atoms with Gasteiger partial charge < -0.3 is 10.2 Å². The number of hydrogen-bond donors (Lipinski definition) is 1. The van der Waals surface area contributed by atoms with Gasteiger partial charge in [-0.2, -0.15) is 0 Å². The molecule has 2 atom stereocenters. The average molecular weight is 309 g/mol. The molecular formula is C16H21ClN2S. The Balaban J connectivity index is 1.91. The lowest BCUT2D eigenvalue weighted by Gasteiger charge is -2.38. The first-order valence-corrected chi connectivity index (χ1v) is 8.02. The van der Waals surface area contributed by atoms with E-state index in [-0.39, 0.29) is 5.54 Å². The molecule has 0 radical (unpaired) electrons.